The molecule has 0 aromatic heterocycles. The SMILES string of the molecule is CC(C)CCS(=O)(=O)N(CCCCl)C(C)C. The molecule has 0 radical (unpaired) electrons. The highest BCUT2D eigenvalue weighted by molar-refractivity contribution is 7.89. The zero-order valence-corrected chi connectivity index (χ0v) is 12.3. The van der Waals surface area contributed by atoms with Crippen molar-refractivity contribution in [2.24, 2.45) is 5.92 Å². The highest BCUT2D eigenvalue weighted by atomic mass is 35.5. The molecule has 98 valence electrons. The molecule has 0 N–H and O–H groups in total. The minimum Gasteiger partial charge on any atom is -0.212 e. The molecule has 0 aliphatic heterocycles. The van der Waals surface area contributed by atoms with Gasteiger partial charge in [0.1, 0.15) is 0 Å². The quantitative estimate of drug-likeness (QED) is 0.636. The van der Waals surface area contributed by atoms with Crippen LogP contribution in [-0.4, -0.2) is 36.9 Å². The molecule has 0 rings (SSSR count). The maximum absolute atomic E-state index is 12.1. The molecule has 0 aliphatic rings. The van der Waals surface area contributed by atoms with Crippen LogP contribution in [0, 0.1) is 5.92 Å². The summed E-state index contributed by atoms with van der Waals surface area (Å²) in [6.45, 7) is 8.41. The number of rotatable bonds is 8. The first kappa shape index (κ1) is 16.2. The largest absolute Gasteiger partial charge is 0.214 e. The van der Waals surface area contributed by atoms with E-state index in [2.05, 4.69) is 0 Å². The Bertz CT molecular complexity index is 276. The van der Waals surface area contributed by atoms with E-state index >= 15 is 0 Å². The molecule has 0 saturated heterocycles. The van der Waals surface area contributed by atoms with Crippen LogP contribution in [0.1, 0.15) is 40.5 Å². The van der Waals surface area contributed by atoms with E-state index in [1.165, 1.54) is 0 Å². The molecule has 0 fully saturated rings. The van der Waals surface area contributed by atoms with Gasteiger partial charge in [0.25, 0.3) is 0 Å². The lowest BCUT2D eigenvalue weighted by Crippen LogP contribution is -2.39. The number of alkyl halides is 1. The van der Waals surface area contributed by atoms with Gasteiger partial charge < -0.3 is 0 Å². The van der Waals surface area contributed by atoms with Crippen molar-refractivity contribution in [3.63, 3.8) is 0 Å². The lowest BCUT2D eigenvalue weighted by Gasteiger charge is -2.26. The van der Waals surface area contributed by atoms with E-state index in [1.807, 2.05) is 27.7 Å². The summed E-state index contributed by atoms with van der Waals surface area (Å²) in [6, 6.07) is 0.0142. The van der Waals surface area contributed by atoms with Crippen LogP contribution in [0.4, 0.5) is 0 Å². The van der Waals surface area contributed by atoms with Crippen LogP contribution in [0.2, 0.25) is 0 Å². The average Bonchev–Trinajstić information content (AvgIpc) is 2.14. The van der Waals surface area contributed by atoms with Gasteiger partial charge in [-0.05, 0) is 32.6 Å². The molecule has 0 unspecified atom stereocenters. The molecule has 5 heteroatoms. The topological polar surface area (TPSA) is 37.4 Å². The molecular formula is C11H24ClNO2S. The fourth-order valence-corrected chi connectivity index (χ4v) is 3.61. The van der Waals surface area contributed by atoms with E-state index in [4.69, 9.17) is 11.6 Å². The fourth-order valence-electron chi connectivity index (χ4n) is 1.44. The van der Waals surface area contributed by atoms with Crippen LogP contribution in [0.15, 0.2) is 0 Å². The van der Waals surface area contributed by atoms with E-state index in [9.17, 15) is 8.42 Å². The second kappa shape index (κ2) is 7.51. The Labute approximate surface area is 105 Å². The summed E-state index contributed by atoms with van der Waals surface area (Å²) in [6.07, 6.45) is 1.42. The first-order valence-corrected chi connectivity index (χ1v) is 8.01. The van der Waals surface area contributed by atoms with Crippen LogP contribution in [0.5, 0.6) is 0 Å². The third kappa shape index (κ3) is 6.06. The van der Waals surface area contributed by atoms with Crippen LogP contribution in [0.3, 0.4) is 0 Å². The van der Waals surface area contributed by atoms with Crippen molar-refractivity contribution in [2.75, 3.05) is 18.2 Å². The normalized spacial score (nSPS) is 13.0. The van der Waals surface area contributed by atoms with Crippen molar-refractivity contribution >= 4 is 21.6 Å². The molecular weight excluding hydrogens is 246 g/mol. The maximum Gasteiger partial charge on any atom is 0.214 e. The minimum atomic E-state index is -3.11. The predicted octanol–water partition coefficient (Wildman–Crippen LogP) is 2.70. The van der Waals surface area contributed by atoms with Crippen LogP contribution in [-0.2, 0) is 10.0 Å². The van der Waals surface area contributed by atoms with Gasteiger partial charge in [0.15, 0.2) is 0 Å². The first-order valence-electron chi connectivity index (χ1n) is 5.86. The van der Waals surface area contributed by atoms with E-state index in [0.29, 0.717) is 31.2 Å². The minimum absolute atomic E-state index is 0.0142. The number of hydrogen-bond acceptors (Lipinski definition) is 2. The molecule has 0 amide bonds. The first-order chi connectivity index (χ1) is 7.31. The van der Waals surface area contributed by atoms with Gasteiger partial charge in [0.2, 0.25) is 10.0 Å². The third-order valence-electron chi connectivity index (χ3n) is 2.40. The predicted molar refractivity (Wildman–Crippen MR) is 70.4 cm³/mol. The van der Waals surface area contributed by atoms with Gasteiger partial charge in [-0.15, -0.1) is 11.6 Å². The van der Waals surface area contributed by atoms with Crippen LogP contribution >= 0.6 is 11.6 Å². The van der Waals surface area contributed by atoms with Gasteiger partial charge in [0, 0.05) is 18.5 Å². The van der Waals surface area contributed by atoms with Crippen molar-refractivity contribution in [1.82, 2.24) is 4.31 Å². The lowest BCUT2D eigenvalue weighted by atomic mass is 10.2. The molecule has 0 aromatic carbocycles. The van der Waals surface area contributed by atoms with E-state index in [1.54, 1.807) is 4.31 Å². The Kier molecular flexibility index (Phi) is 7.61. The van der Waals surface area contributed by atoms with Gasteiger partial charge in [-0.2, -0.15) is 4.31 Å². The maximum atomic E-state index is 12.1. The van der Waals surface area contributed by atoms with E-state index in [0.717, 1.165) is 0 Å². The zero-order valence-electron chi connectivity index (χ0n) is 10.7. The molecule has 0 bridgehead atoms. The zero-order chi connectivity index (χ0) is 12.8. The number of halogens is 1. The van der Waals surface area contributed by atoms with Crippen molar-refractivity contribution in [1.29, 1.82) is 0 Å². The molecule has 0 heterocycles. The second-order valence-electron chi connectivity index (χ2n) is 4.75. The second-order valence-corrected chi connectivity index (χ2v) is 7.16. The highest BCUT2D eigenvalue weighted by Gasteiger charge is 2.24. The fraction of sp³-hybridized carbons (Fsp3) is 1.00. The van der Waals surface area contributed by atoms with E-state index in [-0.39, 0.29) is 11.8 Å². The Balaban J connectivity index is 4.50. The number of sulfonamides is 1. The van der Waals surface area contributed by atoms with Gasteiger partial charge >= 0.3 is 0 Å². The lowest BCUT2D eigenvalue weighted by molar-refractivity contribution is 0.353. The third-order valence-corrected chi connectivity index (χ3v) is 4.74. The summed E-state index contributed by atoms with van der Waals surface area (Å²) in [7, 11) is -3.11. The monoisotopic (exact) mass is 269 g/mol. The Morgan fingerprint density at radius 3 is 2.12 bits per heavy atom. The summed E-state index contributed by atoms with van der Waals surface area (Å²) in [5, 5.41) is 0. The summed E-state index contributed by atoms with van der Waals surface area (Å²) < 4.78 is 25.7. The smallest absolute Gasteiger partial charge is 0.212 e. The molecule has 3 nitrogen and oxygen atoms in total. The average molecular weight is 270 g/mol. The molecule has 16 heavy (non-hydrogen) atoms. The van der Waals surface area contributed by atoms with Gasteiger partial charge in [-0.1, -0.05) is 13.8 Å². The van der Waals surface area contributed by atoms with Crippen molar-refractivity contribution in [2.45, 2.75) is 46.6 Å². The van der Waals surface area contributed by atoms with Crippen LogP contribution < -0.4 is 0 Å². The van der Waals surface area contributed by atoms with Crippen molar-refractivity contribution in [3.8, 4) is 0 Å². The standard InChI is InChI=1S/C11H24ClNO2S/c1-10(2)6-9-16(14,15)13(11(3)4)8-5-7-12/h10-11H,5-9H2,1-4H3. The van der Waals surface area contributed by atoms with Gasteiger partial charge in [-0.3, -0.25) is 0 Å². The summed E-state index contributed by atoms with van der Waals surface area (Å²) >= 11 is 5.61. The highest BCUT2D eigenvalue weighted by Crippen LogP contribution is 2.12. The van der Waals surface area contributed by atoms with Crippen LogP contribution in [0.25, 0.3) is 0 Å². The van der Waals surface area contributed by atoms with Gasteiger partial charge in [0.05, 0.1) is 5.75 Å². The molecule has 0 saturated carbocycles. The Morgan fingerprint density at radius 2 is 1.75 bits per heavy atom. The van der Waals surface area contributed by atoms with Gasteiger partial charge in [-0.25, -0.2) is 8.42 Å². The van der Waals surface area contributed by atoms with E-state index < -0.39 is 10.0 Å². The Hall–Kier alpha value is 0.200. The summed E-state index contributed by atoms with van der Waals surface area (Å²) in [4.78, 5) is 0. The summed E-state index contributed by atoms with van der Waals surface area (Å²) in [5.41, 5.74) is 0. The number of hydrogen-bond donors (Lipinski definition) is 0. The Morgan fingerprint density at radius 1 is 1.19 bits per heavy atom. The van der Waals surface area contributed by atoms with Crippen molar-refractivity contribution < 1.29 is 8.42 Å². The molecule has 0 aliphatic carbocycles. The summed E-state index contributed by atoms with van der Waals surface area (Å²) in [5.74, 6) is 1.16. The molecule has 0 spiro atoms. The molecule has 0 atom stereocenters. The number of nitrogens with zero attached hydrogens (tertiary/aromatic N) is 1. The van der Waals surface area contributed by atoms with Crippen molar-refractivity contribution in [3.05, 3.63) is 0 Å². The molecule has 0 aromatic rings.